The van der Waals surface area contributed by atoms with Gasteiger partial charge < -0.3 is 15.3 Å². The lowest BCUT2D eigenvalue weighted by molar-refractivity contribution is -0.192. The van der Waals surface area contributed by atoms with Gasteiger partial charge in [0.05, 0.1) is 0 Å². The van der Waals surface area contributed by atoms with Gasteiger partial charge in [-0.25, -0.2) is 9.17 Å². The van der Waals surface area contributed by atoms with E-state index in [9.17, 15) is 22.8 Å². The summed E-state index contributed by atoms with van der Waals surface area (Å²) in [4.78, 5) is 40.0. The molecule has 2 aliphatic carbocycles. The van der Waals surface area contributed by atoms with E-state index in [2.05, 4.69) is 40.6 Å². The first kappa shape index (κ1) is 31.9. The summed E-state index contributed by atoms with van der Waals surface area (Å²) in [5.41, 5.74) is 4.43. The average molecular weight is 609 g/mol. The van der Waals surface area contributed by atoms with Crippen molar-refractivity contribution in [2.75, 3.05) is 31.5 Å². The van der Waals surface area contributed by atoms with E-state index in [1.807, 2.05) is 22.5 Å². The Labute approximate surface area is 248 Å². The second kappa shape index (κ2) is 13.5. The molecule has 2 amide bonds. The van der Waals surface area contributed by atoms with Gasteiger partial charge in [-0.3, -0.25) is 14.5 Å². The van der Waals surface area contributed by atoms with Gasteiger partial charge in [0.15, 0.2) is 0 Å². The van der Waals surface area contributed by atoms with E-state index >= 15 is 0 Å². The number of hydrogen-bond acceptors (Lipinski definition) is 6. The first-order valence-electron chi connectivity index (χ1n) is 14.5. The lowest BCUT2D eigenvalue weighted by Gasteiger charge is -2.34. The Morgan fingerprint density at radius 2 is 1.83 bits per heavy atom. The van der Waals surface area contributed by atoms with Crippen molar-refractivity contribution >= 4 is 35.0 Å². The fourth-order valence-corrected chi connectivity index (χ4v) is 6.52. The van der Waals surface area contributed by atoms with Gasteiger partial charge in [0.25, 0.3) is 0 Å². The fraction of sp³-hybridized carbons (Fsp3) is 0.600. The van der Waals surface area contributed by atoms with Crippen LogP contribution >= 0.6 is 11.5 Å². The molecule has 1 aromatic carbocycles. The molecule has 230 valence electrons. The molecule has 0 spiro atoms. The molecule has 2 N–H and O–H groups in total. The highest BCUT2D eigenvalue weighted by Gasteiger charge is 2.39. The van der Waals surface area contributed by atoms with Gasteiger partial charge in [0.1, 0.15) is 6.04 Å². The molecule has 1 aromatic heterocycles. The van der Waals surface area contributed by atoms with Crippen LogP contribution in [0.4, 0.5) is 18.9 Å². The van der Waals surface area contributed by atoms with Crippen molar-refractivity contribution in [3.8, 4) is 0 Å². The molecule has 5 rings (SSSR count). The van der Waals surface area contributed by atoms with Gasteiger partial charge in [0.2, 0.25) is 11.8 Å². The monoisotopic (exact) mass is 608 g/mol. The van der Waals surface area contributed by atoms with Gasteiger partial charge in [-0.15, -0.1) is 0 Å². The van der Waals surface area contributed by atoms with Crippen molar-refractivity contribution in [3.63, 3.8) is 0 Å². The van der Waals surface area contributed by atoms with Crippen LogP contribution in [0, 0.1) is 11.3 Å². The van der Waals surface area contributed by atoms with Crippen molar-refractivity contribution in [1.29, 1.82) is 0 Å². The number of carboxylic acids is 1. The summed E-state index contributed by atoms with van der Waals surface area (Å²) in [5, 5.41) is 12.3. The van der Waals surface area contributed by atoms with E-state index in [0.717, 1.165) is 49.5 Å². The van der Waals surface area contributed by atoms with Crippen molar-refractivity contribution in [2.45, 2.75) is 77.4 Å². The van der Waals surface area contributed by atoms with Gasteiger partial charge in [-0.05, 0) is 71.8 Å². The van der Waals surface area contributed by atoms with Crippen LogP contribution < -0.4 is 5.32 Å². The Morgan fingerprint density at radius 1 is 1.12 bits per heavy atom. The number of carboxylic acid groups (broad SMARTS) is 1. The standard InChI is InChI=1S/C28H38N4O2S.C2HF3O2/c1-28(2)18-31(25(33)12-9-20-5-3-6-20)13-14-32(19-28)26(23-16-29-35-17-23)27(34)30-24-11-10-21-7-4-8-22(21)15-24;3-2(4,5)1(6)7/h10-11,15-17,20,26H,3-9,12-14,18-19H2,1-2H3,(H,30,34);(H,6,7). The summed E-state index contributed by atoms with van der Waals surface area (Å²) in [7, 11) is 0. The van der Waals surface area contributed by atoms with Crippen LogP contribution in [0.25, 0.3) is 0 Å². The molecular weight excluding hydrogens is 569 g/mol. The molecule has 1 saturated carbocycles. The summed E-state index contributed by atoms with van der Waals surface area (Å²) in [5.74, 6) is -1.77. The Balaban J connectivity index is 0.000000517. The van der Waals surface area contributed by atoms with Crippen LogP contribution in [0.5, 0.6) is 0 Å². The van der Waals surface area contributed by atoms with Crippen LogP contribution in [0.1, 0.15) is 75.1 Å². The number of nitrogens with zero attached hydrogens (tertiary/aromatic N) is 3. The van der Waals surface area contributed by atoms with Crippen LogP contribution in [-0.2, 0) is 27.2 Å². The predicted molar refractivity (Wildman–Crippen MR) is 154 cm³/mol. The number of hydrogen-bond donors (Lipinski definition) is 2. The number of halogens is 3. The molecule has 2 heterocycles. The van der Waals surface area contributed by atoms with E-state index in [0.29, 0.717) is 19.5 Å². The van der Waals surface area contributed by atoms with Gasteiger partial charge in [-0.1, -0.05) is 39.2 Å². The number of alkyl halides is 3. The third-order valence-electron chi connectivity index (χ3n) is 8.24. The summed E-state index contributed by atoms with van der Waals surface area (Å²) >= 11 is 1.38. The van der Waals surface area contributed by atoms with E-state index in [4.69, 9.17) is 9.90 Å². The number of anilines is 1. The zero-order valence-electron chi connectivity index (χ0n) is 24.1. The van der Waals surface area contributed by atoms with Crippen LogP contribution in [0.2, 0.25) is 0 Å². The highest BCUT2D eigenvalue weighted by Crippen LogP contribution is 2.33. The molecule has 12 heteroatoms. The molecular formula is C30H39F3N4O4S. The summed E-state index contributed by atoms with van der Waals surface area (Å²) in [6.07, 6.45) is 5.68. The van der Waals surface area contributed by atoms with E-state index in [1.54, 1.807) is 0 Å². The Kier molecular flexibility index (Phi) is 10.3. The molecule has 8 nitrogen and oxygen atoms in total. The maximum Gasteiger partial charge on any atom is 0.490 e. The number of fused-ring (bicyclic) bond motifs is 1. The maximum atomic E-state index is 13.7. The second-order valence-corrected chi connectivity index (χ2v) is 12.9. The Hall–Kier alpha value is -2.99. The van der Waals surface area contributed by atoms with E-state index in [-0.39, 0.29) is 17.2 Å². The number of benzene rings is 1. The minimum absolute atomic E-state index is 0.0243. The van der Waals surface area contributed by atoms with Gasteiger partial charge in [0, 0.05) is 55.4 Å². The van der Waals surface area contributed by atoms with Crippen molar-refractivity contribution in [1.82, 2.24) is 14.2 Å². The SMILES string of the molecule is CC1(C)CN(C(=O)CCC2CCC2)CCN(C(C(=O)Nc2ccc3c(c2)CCC3)c2cnsc2)C1.O=C(O)C(F)(F)F. The van der Waals surface area contributed by atoms with Crippen LogP contribution in [0.15, 0.2) is 29.8 Å². The minimum atomic E-state index is -5.08. The molecule has 1 atom stereocenters. The molecule has 0 radical (unpaired) electrons. The molecule has 1 aliphatic heterocycles. The number of carbonyl (C=O) groups is 3. The number of aliphatic carboxylic acids is 1. The largest absolute Gasteiger partial charge is 0.490 e. The third kappa shape index (κ3) is 8.53. The average Bonchev–Trinajstić information content (AvgIpc) is 3.54. The second-order valence-electron chi connectivity index (χ2n) is 12.3. The van der Waals surface area contributed by atoms with Gasteiger partial charge in [-0.2, -0.15) is 13.2 Å². The highest BCUT2D eigenvalue weighted by molar-refractivity contribution is 7.03. The first-order chi connectivity index (χ1) is 19.8. The number of amides is 2. The molecule has 2 aromatic rings. The number of nitrogens with one attached hydrogen (secondary N) is 1. The number of carbonyl (C=O) groups excluding carboxylic acids is 2. The number of rotatable bonds is 7. The molecule has 1 saturated heterocycles. The van der Waals surface area contributed by atoms with E-state index < -0.39 is 18.2 Å². The first-order valence-corrected chi connectivity index (χ1v) is 15.3. The topological polar surface area (TPSA) is 103 Å². The normalized spacial score (nSPS) is 19.5. The maximum absolute atomic E-state index is 13.7. The predicted octanol–water partition coefficient (Wildman–Crippen LogP) is 5.70. The molecule has 0 bridgehead atoms. The number of aromatic nitrogens is 1. The van der Waals surface area contributed by atoms with Gasteiger partial charge >= 0.3 is 12.1 Å². The quantitative estimate of drug-likeness (QED) is 0.419. The Bertz CT molecular complexity index is 1250. The molecule has 42 heavy (non-hydrogen) atoms. The fourth-order valence-electron chi connectivity index (χ4n) is 5.96. The smallest absolute Gasteiger partial charge is 0.475 e. The summed E-state index contributed by atoms with van der Waals surface area (Å²) in [6, 6.07) is 5.89. The van der Waals surface area contributed by atoms with Crippen molar-refractivity contribution in [2.24, 2.45) is 11.3 Å². The molecule has 3 aliphatic rings. The summed E-state index contributed by atoms with van der Waals surface area (Å²) < 4.78 is 36.0. The number of aryl methyl sites for hydroxylation is 2. The highest BCUT2D eigenvalue weighted by atomic mass is 32.1. The molecule has 1 unspecified atom stereocenters. The summed E-state index contributed by atoms with van der Waals surface area (Å²) in [6.45, 7) is 7.23. The zero-order chi connectivity index (χ0) is 30.5. The van der Waals surface area contributed by atoms with Crippen LogP contribution in [-0.4, -0.2) is 69.4 Å². The molecule has 2 fully saturated rings. The Morgan fingerprint density at radius 3 is 2.45 bits per heavy atom. The van der Waals surface area contributed by atoms with Crippen molar-refractivity contribution < 1.29 is 32.7 Å². The third-order valence-corrected chi connectivity index (χ3v) is 8.84. The van der Waals surface area contributed by atoms with Crippen molar-refractivity contribution in [3.05, 3.63) is 46.5 Å². The van der Waals surface area contributed by atoms with Crippen LogP contribution in [0.3, 0.4) is 0 Å². The zero-order valence-corrected chi connectivity index (χ0v) is 24.9. The lowest BCUT2D eigenvalue weighted by Crippen LogP contribution is -2.42. The van der Waals surface area contributed by atoms with E-state index in [1.165, 1.54) is 48.3 Å². The lowest BCUT2D eigenvalue weighted by atomic mass is 9.82. The minimum Gasteiger partial charge on any atom is -0.475 e.